The Morgan fingerprint density at radius 3 is 2.64 bits per heavy atom. The summed E-state index contributed by atoms with van der Waals surface area (Å²) in [5.41, 5.74) is 3.44. The number of methoxy groups -OCH3 is 1. The van der Waals surface area contributed by atoms with Gasteiger partial charge in [-0.05, 0) is 49.6 Å². The molecule has 0 aliphatic rings. The second-order valence-corrected chi connectivity index (χ2v) is 6.50. The molecule has 2 N–H and O–H groups in total. The maximum Gasteiger partial charge on any atom is 0.270 e. The Hall–Kier alpha value is -3.41. The summed E-state index contributed by atoms with van der Waals surface area (Å²) in [6.45, 7) is 4.28. The molecule has 0 bridgehead atoms. The zero-order chi connectivity index (χ0) is 19.9. The van der Waals surface area contributed by atoms with Crippen molar-refractivity contribution >= 4 is 17.4 Å². The third-order valence-electron chi connectivity index (χ3n) is 4.23. The Labute approximate surface area is 165 Å². The predicted molar refractivity (Wildman–Crippen MR) is 110 cm³/mol. The van der Waals surface area contributed by atoms with E-state index in [0.717, 1.165) is 22.6 Å². The lowest BCUT2D eigenvalue weighted by molar-refractivity contribution is 0.0948. The molecule has 0 unspecified atom stereocenters. The zero-order valence-corrected chi connectivity index (χ0v) is 16.3. The lowest BCUT2D eigenvalue weighted by Gasteiger charge is -2.11. The third-order valence-corrected chi connectivity index (χ3v) is 4.23. The van der Waals surface area contributed by atoms with Crippen molar-refractivity contribution in [2.45, 2.75) is 20.3 Å². The van der Waals surface area contributed by atoms with E-state index in [1.165, 1.54) is 0 Å². The molecule has 0 aliphatic heterocycles. The molecule has 1 amide bonds. The van der Waals surface area contributed by atoms with E-state index in [-0.39, 0.29) is 5.91 Å². The number of amides is 1. The number of hydrogen-bond donors (Lipinski definition) is 2. The van der Waals surface area contributed by atoms with Gasteiger partial charge in [0.25, 0.3) is 5.91 Å². The predicted octanol–water partition coefficient (Wildman–Crippen LogP) is 3.82. The number of benzene rings is 2. The Morgan fingerprint density at radius 1 is 1.04 bits per heavy atom. The number of para-hydroxylation sites is 1. The molecule has 0 spiro atoms. The first-order valence-electron chi connectivity index (χ1n) is 9.14. The van der Waals surface area contributed by atoms with Crippen molar-refractivity contribution in [3.8, 4) is 5.75 Å². The lowest BCUT2D eigenvalue weighted by atomic mass is 10.1. The van der Waals surface area contributed by atoms with Crippen LogP contribution in [0.5, 0.6) is 5.75 Å². The van der Waals surface area contributed by atoms with E-state index in [1.807, 2.05) is 55.5 Å². The first-order valence-corrected chi connectivity index (χ1v) is 9.14. The van der Waals surface area contributed by atoms with Crippen LogP contribution < -0.4 is 15.4 Å². The van der Waals surface area contributed by atoms with Crippen molar-refractivity contribution in [3.05, 3.63) is 77.2 Å². The van der Waals surface area contributed by atoms with Crippen LogP contribution in [0.25, 0.3) is 0 Å². The van der Waals surface area contributed by atoms with Gasteiger partial charge in [-0.1, -0.05) is 30.3 Å². The third kappa shape index (κ3) is 5.07. The molecule has 3 rings (SSSR count). The molecule has 1 heterocycles. The number of nitrogens with zero attached hydrogens (tertiary/aromatic N) is 2. The summed E-state index contributed by atoms with van der Waals surface area (Å²) in [6.07, 6.45) is 0.675. The monoisotopic (exact) mass is 376 g/mol. The van der Waals surface area contributed by atoms with E-state index in [9.17, 15) is 4.79 Å². The molecule has 6 nitrogen and oxygen atoms in total. The van der Waals surface area contributed by atoms with E-state index < -0.39 is 0 Å². The Kier molecular flexibility index (Phi) is 6.22. The van der Waals surface area contributed by atoms with Crippen LogP contribution in [-0.4, -0.2) is 29.5 Å². The minimum absolute atomic E-state index is 0.229. The number of hydrogen-bond acceptors (Lipinski definition) is 5. The number of carbonyl (C=O) groups is 1. The molecule has 0 aliphatic carbocycles. The number of aromatic nitrogens is 2. The molecule has 0 saturated heterocycles. The summed E-state index contributed by atoms with van der Waals surface area (Å²) in [4.78, 5) is 21.2. The van der Waals surface area contributed by atoms with Gasteiger partial charge in [-0.3, -0.25) is 4.79 Å². The van der Waals surface area contributed by atoms with E-state index in [0.29, 0.717) is 30.3 Å². The van der Waals surface area contributed by atoms with Gasteiger partial charge in [0.05, 0.1) is 7.11 Å². The Balaban J connectivity index is 1.65. The fraction of sp³-hybridized carbons (Fsp3) is 0.227. The van der Waals surface area contributed by atoms with Gasteiger partial charge in [-0.2, -0.15) is 0 Å². The minimum Gasteiger partial charge on any atom is -0.496 e. The molecule has 0 radical (unpaired) electrons. The molecule has 1 aromatic heterocycles. The molecule has 0 atom stereocenters. The highest BCUT2D eigenvalue weighted by Gasteiger charge is 2.11. The average Bonchev–Trinajstić information content (AvgIpc) is 2.68. The summed E-state index contributed by atoms with van der Waals surface area (Å²) >= 11 is 0. The Bertz CT molecular complexity index is 972. The topological polar surface area (TPSA) is 76.1 Å². The standard InChI is InChI=1S/C22H24N4O2/c1-15-7-6-9-18(13-15)26-21-14-19(24-16(2)25-21)22(27)23-12-11-17-8-4-5-10-20(17)28-3/h4-10,13-14H,11-12H2,1-3H3,(H,23,27)(H,24,25,26). The van der Waals surface area contributed by atoms with Gasteiger partial charge in [0.2, 0.25) is 0 Å². The van der Waals surface area contributed by atoms with Gasteiger partial charge >= 0.3 is 0 Å². The smallest absolute Gasteiger partial charge is 0.270 e. The highest BCUT2D eigenvalue weighted by Crippen LogP contribution is 2.18. The molecule has 28 heavy (non-hydrogen) atoms. The molecule has 0 saturated carbocycles. The molecule has 3 aromatic rings. The van der Waals surface area contributed by atoms with Crippen molar-refractivity contribution in [2.75, 3.05) is 19.0 Å². The maximum atomic E-state index is 12.5. The van der Waals surface area contributed by atoms with Crippen molar-refractivity contribution < 1.29 is 9.53 Å². The molecule has 6 heteroatoms. The summed E-state index contributed by atoms with van der Waals surface area (Å²) in [5, 5.41) is 6.14. The van der Waals surface area contributed by atoms with Crippen molar-refractivity contribution in [3.63, 3.8) is 0 Å². The fourth-order valence-corrected chi connectivity index (χ4v) is 2.93. The summed E-state index contributed by atoms with van der Waals surface area (Å²) in [6, 6.07) is 17.4. The quantitative estimate of drug-likeness (QED) is 0.656. The molecular formula is C22H24N4O2. The van der Waals surface area contributed by atoms with Crippen molar-refractivity contribution in [1.82, 2.24) is 15.3 Å². The largest absolute Gasteiger partial charge is 0.496 e. The van der Waals surface area contributed by atoms with Gasteiger partial charge in [0, 0.05) is 18.3 Å². The summed E-state index contributed by atoms with van der Waals surface area (Å²) in [5.74, 6) is 1.72. The van der Waals surface area contributed by atoms with E-state index >= 15 is 0 Å². The van der Waals surface area contributed by atoms with Crippen LogP contribution >= 0.6 is 0 Å². The zero-order valence-electron chi connectivity index (χ0n) is 16.3. The first-order chi connectivity index (χ1) is 13.5. The molecular weight excluding hydrogens is 352 g/mol. The first kappa shape index (κ1) is 19.4. The second kappa shape index (κ2) is 8.99. The van der Waals surface area contributed by atoms with Gasteiger partial charge in [-0.25, -0.2) is 9.97 Å². The highest BCUT2D eigenvalue weighted by molar-refractivity contribution is 5.93. The van der Waals surface area contributed by atoms with Crippen LogP contribution in [0.1, 0.15) is 27.4 Å². The number of aryl methyl sites for hydroxylation is 2. The van der Waals surface area contributed by atoms with Crippen molar-refractivity contribution in [2.24, 2.45) is 0 Å². The van der Waals surface area contributed by atoms with Crippen LogP contribution in [0.4, 0.5) is 11.5 Å². The Morgan fingerprint density at radius 2 is 1.86 bits per heavy atom. The maximum absolute atomic E-state index is 12.5. The fourth-order valence-electron chi connectivity index (χ4n) is 2.93. The second-order valence-electron chi connectivity index (χ2n) is 6.50. The van der Waals surface area contributed by atoms with E-state index in [2.05, 4.69) is 20.6 Å². The van der Waals surface area contributed by atoms with E-state index in [1.54, 1.807) is 20.1 Å². The lowest BCUT2D eigenvalue weighted by Crippen LogP contribution is -2.27. The SMILES string of the molecule is COc1ccccc1CCNC(=O)c1cc(Nc2cccc(C)c2)nc(C)n1. The van der Waals surface area contributed by atoms with Crippen LogP contribution in [0, 0.1) is 13.8 Å². The highest BCUT2D eigenvalue weighted by atomic mass is 16.5. The van der Waals surface area contributed by atoms with E-state index in [4.69, 9.17) is 4.74 Å². The summed E-state index contributed by atoms with van der Waals surface area (Å²) < 4.78 is 5.34. The van der Waals surface area contributed by atoms with Crippen LogP contribution in [-0.2, 0) is 6.42 Å². The molecule has 0 fully saturated rings. The number of rotatable bonds is 7. The van der Waals surface area contributed by atoms with Crippen molar-refractivity contribution in [1.29, 1.82) is 0 Å². The van der Waals surface area contributed by atoms with Crippen LogP contribution in [0.2, 0.25) is 0 Å². The molecule has 144 valence electrons. The normalized spacial score (nSPS) is 10.4. The number of carbonyl (C=O) groups excluding carboxylic acids is 1. The van der Waals surface area contributed by atoms with Gasteiger partial charge in [0.1, 0.15) is 23.1 Å². The van der Waals surface area contributed by atoms with Gasteiger partial charge < -0.3 is 15.4 Å². The number of ether oxygens (including phenoxy) is 1. The molecule has 2 aromatic carbocycles. The van der Waals surface area contributed by atoms with Crippen LogP contribution in [0.3, 0.4) is 0 Å². The summed E-state index contributed by atoms with van der Waals surface area (Å²) in [7, 11) is 1.64. The van der Waals surface area contributed by atoms with Gasteiger partial charge in [-0.15, -0.1) is 0 Å². The minimum atomic E-state index is -0.229. The average molecular weight is 376 g/mol. The number of anilines is 2. The van der Waals surface area contributed by atoms with Gasteiger partial charge in [0.15, 0.2) is 0 Å². The number of nitrogens with one attached hydrogen (secondary N) is 2. The van der Waals surface area contributed by atoms with Crippen LogP contribution in [0.15, 0.2) is 54.6 Å².